The van der Waals surface area contributed by atoms with Gasteiger partial charge in [0.2, 0.25) is 11.8 Å². The molecule has 0 aromatic carbocycles. The second-order valence-electron chi connectivity index (χ2n) is 8.87. The lowest BCUT2D eigenvalue weighted by atomic mass is 9.97. The summed E-state index contributed by atoms with van der Waals surface area (Å²) in [4.78, 5) is 36.7. The number of aliphatic hydroxyl groups excluding tert-OH is 1. The fourth-order valence-corrected chi connectivity index (χ4v) is 4.00. The van der Waals surface area contributed by atoms with Crippen molar-refractivity contribution in [2.75, 3.05) is 19.8 Å². The molecule has 0 aromatic heterocycles. The van der Waals surface area contributed by atoms with E-state index in [4.69, 9.17) is 4.74 Å². The highest BCUT2D eigenvalue weighted by Crippen LogP contribution is 2.42. The number of ether oxygens (including phenoxy) is 1. The van der Waals surface area contributed by atoms with Gasteiger partial charge < -0.3 is 25.8 Å². The van der Waals surface area contributed by atoms with Crippen molar-refractivity contribution in [3.63, 3.8) is 0 Å². The lowest BCUT2D eigenvalue weighted by molar-refractivity contribution is -0.126. The van der Waals surface area contributed by atoms with Crippen LogP contribution in [0.5, 0.6) is 0 Å². The van der Waals surface area contributed by atoms with Crippen LogP contribution in [0.1, 0.15) is 59.3 Å². The Morgan fingerprint density at radius 2 is 2.03 bits per heavy atom. The second kappa shape index (κ2) is 11.4. The Balaban J connectivity index is 1.82. The van der Waals surface area contributed by atoms with Crippen molar-refractivity contribution < 1.29 is 24.2 Å². The summed E-state index contributed by atoms with van der Waals surface area (Å²) in [6.45, 7) is 6.85. The van der Waals surface area contributed by atoms with Crippen LogP contribution in [0.2, 0.25) is 0 Å². The van der Waals surface area contributed by atoms with E-state index in [1.165, 1.54) is 0 Å². The third-order valence-corrected chi connectivity index (χ3v) is 5.77. The summed E-state index contributed by atoms with van der Waals surface area (Å²) in [6, 6.07) is -1.26. The van der Waals surface area contributed by atoms with Crippen molar-refractivity contribution in [2.24, 2.45) is 23.7 Å². The minimum Gasteiger partial charge on any atom is -0.449 e. The van der Waals surface area contributed by atoms with Crippen LogP contribution in [0.3, 0.4) is 0 Å². The van der Waals surface area contributed by atoms with Gasteiger partial charge in [0.25, 0.3) is 0 Å². The predicted molar refractivity (Wildman–Crippen MR) is 109 cm³/mol. The molecule has 2 fully saturated rings. The van der Waals surface area contributed by atoms with Crippen molar-refractivity contribution in [1.82, 2.24) is 16.0 Å². The topological polar surface area (TPSA) is 117 Å². The first-order valence-corrected chi connectivity index (χ1v) is 11.0. The zero-order chi connectivity index (χ0) is 21.4. The lowest BCUT2D eigenvalue weighted by Gasteiger charge is -2.24. The maximum Gasteiger partial charge on any atom is 0.407 e. The zero-order valence-electron chi connectivity index (χ0n) is 17.9. The Bertz CT molecular complexity index is 569. The molecule has 4 N–H and O–H groups in total. The Morgan fingerprint density at radius 3 is 2.62 bits per heavy atom. The number of hydrogen-bond acceptors (Lipinski definition) is 5. The van der Waals surface area contributed by atoms with Gasteiger partial charge in [0, 0.05) is 12.5 Å². The van der Waals surface area contributed by atoms with Crippen LogP contribution < -0.4 is 16.0 Å². The normalized spacial score (nSPS) is 25.3. The summed E-state index contributed by atoms with van der Waals surface area (Å²) in [5, 5.41) is 17.9. The largest absolute Gasteiger partial charge is 0.449 e. The molecule has 8 nitrogen and oxygen atoms in total. The molecule has 0 aromatic rings. The molecule has 3 amide bonds. The quantitative estimate of drug-likeness (QED) is 0.389. The molecular weight excluding hydrogens is 374 g/mol. The highest BCUT2D eigenvalue weighted by Gasteiger charge is 2.37. The molecular formula is C21H37N3O5. The van der Waals surface area contributed by atoms with Crippen molar-refractivity contribution in [3.8, 4) is 0 Å². The van der Waals surface area contributed by atoms with E-state index >= 15 is 0 Å². The van der Waals surface area contributed by atoms with Gasteiger partial charge in [0.15, 0.2) is 0 Å². The maximum absolute atomic E-state index is 12.7. The maximum atomic E-state index is 12.7. The number of alkyl carbamates (subject to hydrolysis) is 1. The molecule has 0 bridgehead atoms. The van der Waals surface area contributed by atoms with Gasteiger partial charge in [-0.2, -0.15) is 0 Å². The average molecular weight is 412 g/mol. The minimum absolute atomic E-state index is 0.0421. The number of amides is 3. The van der Waals surface area contributed by atoms with Crippen molar-refractivity contribution in [1.29, 1.82) is 0 Å². The molecule has 1 saturated heterocycles. The summed E-state index contributed by atoms with van der Waals surface area (Å²) >= 11 is 0. The van der Waals surface area contributed by atoms with E-state index in [1.807, 2.05) is 13.8 Å². The fourth-order valence-electron chi connectivity index (χ4n) is 4.00. The number of carbonyl (C=O) groups is 3. The van der Waals surface area contributed by atoms with Gasteiger partial charge in [-0.1, -0.05) is 33.6 Å². The van der Waals surface area contributed by atoms with Crippen LogP contribution in [-0.4, -0.2) is 54.9 Å². The molecule has 2 aliphatic rings. The van der Waals surface area contributed by atoms with Gasteiger partial charge in [-0.25, -0.2) is 4.79 Å². The number of aliphatic hydroxyl groups is 1. The fraction of sp³-hybridized carbons (Fsp3) is 0.857. The smallest absolute Gasteiger partial charge is 0.407 e. The standard InChI is InChI=1S/C21H37N3O5/c1-4-5-14-9-16(14)12-29-21(28)24-18(8-13(2)3)20(27)23-17(11-25)10-15-6-7-22-19(15)26/h13-18,25H,4-12H2,1-3H3,(H,22,26)(H,23,27)(H,24,28)/t14-,15+,16+,17+,18+/m1/s1. The molecule has 0 radical (unpaired) electrons. The van der Waals surface area contributed by atoms with Gasteiger partial charge in [0.1, 0.15) is 6.04 Å². The van der Waals surface area contributed by atoms with Crippen LogP contribution in [0.4, 0.5) is 4.79 Å². The molecule has 1 aliphatic heterocycles. The van der Waals surface area contributed by atoms with Crippen molar-refractivity contribution in [2.45, 2.75) is 71.4 Å². The highest BCUT2D eigenvalue weighted by molar-refractivity contribution is 5.86. The van der Waals surface area contributed by atoms with E-state index in [0.29, 0.717) is 44.2 Å². The predicted octanol–water partition coefficient (Wildman–Crippen LogP) is 1.57. The van der Waals surface area contributed by atoms with Gasteiger partial charge >= 0.3 is 6.09 Å². The molecule has 0 unspecified atom stereocenters. The number of carbonyl (C=O) groups excluding carboxylic acids is 3. The van der Waals surface area contributed by atoms with Crippen LogP contribution >= 0.6 is 0 Å². The molecule has 1 saturated carbocycles. The van der Waals surface area contributed by atoms with Crippen LogP contribution in [-0.2, 0) is 14.3 Å². The molecule has 29 heavy (non-hydrogen) atoms. The summed E-state index contributed by atoms with van der Waals surface area (Å²) in [7, 11) is 0. The number of hydrogen-bond donors (Lipinski definition) is 4. The van der Waals surface area contributed by atoms with Gasteiger partial charge in [-0.05, 0) is 43.4 Å². The van der Waals surface area contributed by atoms with Gasteiger partial charge in [0.05, 0.1) is 19.3 Å². The first-order valence-electron chi connectivity index (χ1n) is 11.0. The SMILES string of the molecule is CCC[C@@H]1C[C@H]1COC(=O)N[C@@H](CC(C)C)C(=O)N[C@H](CO)C[C@@H]1CCNC1=O. The van der Waals surface area contributed by atoms with E-state index in [2.05, 4.69) is 22.9 Å². The third kappa shape index (κ3) is 7.84. The van der Waals surface area contributed by atoms with E-state index in [9.17, 15) is 19.5 Å². The van der Waals surface area contributed by atoms with E-state index in [0.717, 1.165) is 19.3 Å². The zero-order valence-corrected chi connectivity index (χ0v) is 17.9. The summed E-state index contributed by atoms with van der Waals surface area (Å²) in [5.74, 6) is 0.679. The van der Waals surface area contributed by atoms with Gasteiger partial charge in [-0.3, -0.25) is 9.59 Å². The second-order valence-corrected chi connectivity index (χ2v) is 8.87. The van der Waals surface area contributed by atoms with Gasteiger partial charge in [-0.15, -0.1) is 0 Å². The van der Waals surface area contributed by atoms with E-state index < -0.39 is 18.2 Å². The Morgan fingerprint density at radius 1 is 1.28 bits per heavy atom. The molecule has 1 aliphatic carbocycles. The van der Waals surface area contributed by atoms with Crippen LogP contribution in [0.25, 0.3) is 0 Å². The molecule has 0 spiro atoms. The molecule has 1 heterocycles. The minimum atomic E-state index is -0.736. The first-order chi connectivity index (χ1) is 13.8. The summed E-state index contributed by atoms with van der Waals surface area (Å²) in [6.07, 6.45) is 4.37. The van der Waals surface area contributed by atoms with Crippen molar-refractivity contribution in [3.05, 3.63) is 0 Å². The van der Waals surface area contributed by atoms with E-state index in [1.54, 1.807) is 0 Å². The Kier molecular flexibility index (Phi) is 9.20. The van der Waals surface area contributed by atoms with E-state index in [-0.39, 0.29) is 30.3 Å². The Hall–Kier alpha value is -1.83. The molecule has 166 valence electrons. The Labute approximate surface area is 173 Å². The van der Waals surface area contributed by atoms with Crippen LogP contribution in [0, 0.1) is 23.7 Å². The summed E-state index contributed by atoms with van der Waals surface area (Å²) in [5.41, 5.74) is 0. The molecule has 8 heteroatoms. The monoisotopic (exact) mass is 411 g/mol. The first kappa shape index (κ1) is 23.4. The molecule has 2 rings (SSSR count). The molecule has 5 atom stereocenters. The number of nitrogens with one attached hydrogen (secondary N) is 3. The van der Waals surface area contributed by atoms with Crippen LogP contribution in [0.15, 0.2) is 0 Å². The average Bonchev–Trinajstić information content (AvgIpc) is 3.29. The summed E-state index contributed by atoms with van der Waals surface area (Å²) < 4.78 is 5.33. The van der Waals surface area contributed by atoms with Crippen molar-refractivity contribution >= 4 is 17.9 Å². The lowest BCUT2D eigenvalue weighted by Crippen LogP contribution is -2.51. The third-order valence-electron chi connectivity index (χ3n) is 5.77. The highest BCUT2D eigenvalue weighted by atomic mass is 16.5. The number of rotatable bonds is 12.